The van der Waals surface area contributed by atoms with E-state index in [4.69, 9.17) is 9.41 Å². The molecule has 1 aliphatic heterocycles. The van der Waals surface area contributed by atoms with E-state index in [2.05, 4.69) is 16.0 Å². The summed E-state index contributed by atoms with van der Waals surface area (Å²) < 4.78 is 80.3. The van der Waals surface area contributed by atoms with Crippen LogP contribution in [0, 0.1) is 41.5 Å². The lowest BCUT2D eigenvalue weighted by atomic mass is 9.93. The first-order valence-corrected chi connectivity index (χ1v) is 24.1. The number of carboxylic acid groups (broad SMARTS) is 1. The molecule has 0 saturated carbocycles. The molecule has 0 saturated heterocycles. The smallest absolute Gasteiger partial charge is 0.335 e. The van der Waals surface area contributed by atoms with Gasteiger partial charge in [0.15, 0.2) is 0 Å². The Morgan fingerprint density at radius 3 is 1.80 bits per heavy atom. The standard InChI is InChI=1S/C52H44N4O11S2/c1-27-21-29(3)48(55-50(57)33-13-8-7-9-14-33)31(5)46(27)53-36-19-20-37-41(24-36)67-42-26-40(44(69(64,65)66)25-39(42)45(37)38-17-10-11-18-43(38)68(61,62)63)54-47-28(2)22-30(4)49(32(47)6)56-51(58)34-15-12-16-35(23-34)52(59)60/h7-26,53H,1-6H3,(H,55,57)(H,56,58)(H,59,60)(H,61,62,63)(H,64,65,66)/b54-40-. The quantitative estimate of drug-likeness (QED) is 0.0524. The summed E-state index contributed by atoms with van der Waals surface area (Å²) in [5, 5.41) is 18.8. The molecule has 0 unspecified atom stereocenters. The van der Waals surface area contributed by atoms with Gasteiger partial charge in [0.2, 0.25) is 0 Å². The molecule has 6 N–H and O–H groups in total. The minimum Gasteiger partial charge on any atom is -0.478 e. The van der Waals surface area contributed by atoms with Crippen LogP contribution < -0.4 is 21.3 Å². The fraction of sp³-hybridized carbons (Fsp3) is 0.115. The number of hydrogen-bond acceptors (Lipinski definition) is 10. The first-order chi connectivity index (χ1) is 32.6. The maximum atomic E-state index is 13.5. The van der Waals surface area contributed by atoms with Gasteiger partial charge in [-0.05, 0) is 130 Å². The number of hydrogen-bond donors (Lipinski definition) is 6. The van der Waals surface area contributed by atoms with Crippen LogP contribution in [0.15, 0.2) is 141 Å². The largest absolute Gasteiger partial charge is 0.478 e. The molecule has 2 amide bonds. The third-order valence-electron chi connectivity index (χ3n) is 11.8. The highest BCUT2D eigenvalue weighted by molar-refractivity contribution is 7.86. The summed E-state index contributed by atoms with van der Waals surface area (Å²) in [6, 6.07) is 31.0. The van der Waals surface area contributed by atoms with Crippen LogP contribution in [0.3, 0.4) is 0 Å². The van der Waals surface area contributed by atoms with Crippen molar-refractivity contribution in [2.24, 2.45) is 4.99 Å². The van der Waals surface area contributed by atoms with Crippen LogP contribution >= 0.6 is 0 Å². The molecule has 0 bridgehead atoms. The summed E-state index contributed by atoms with van der Waals surface area (Å²) in [6.07, 6.45) is 0. The third kappa shape index (κ3) is 9.48. The zero-order chi connectivity index (χ0) is 49.7. The summed E-state index contributed by atoms with van der Waals surface area (Å²) >= 11 is 0. The molecular formula is C52H44N4O11S2. The zero-order valence-corrected chi connectivity index (χ0v) is 39.6. The normalized spacial score (nSPS) is 12.0. The van der Waals surface area contributed by atoms with Gasteiger partial charge in [0.25, 0.3) is 32.1 Å². The Bertz CT molecular complexity index is 3740. The molecule has 8 rings (SSSR count). The van der Waals surface area contributed by atoms with Crippen LogP contribution in [0.5, 0.6) is 0 Å². The van der Waals surface area contributed by atoms with E-state index in [0.717, 1.165) is 22.8 Å². The van der Waals surface area contributed by atoms with Gasteiger partial charge in [-0.3, -0.25) is 18.7 Å². The number of carboxylic acids is 1. The molecule has 69 heavy (non-hydrogen) atoms. The first kappa shape index (κ1) is 47.5. The molecule has 2 aliphatic rings. The Balaban J connectivity index is 1.32. The highest BCUT2D eigenvalue weighted by Crippen LogP contribution is 2.44. The minimum absolute atomic E-state index is 0.000932. The van der Waals surface area contributed by atoms with E-state index >= 15 is 0 Å². The van der Waals surface area contributed by atoms with E-state index < -0.39 is 41.9 Å². The Morgan fingerprint density at radius 2 is 1.13 bits per heavy atom. The molecule has 17 heteroatoms. The number of rotatable bonds is 11. The van der Waals surface area contributed by atoms with Gasteiger partial charge in [-0.1, -0.05) is 54.6 Å². The summed E-state index contributed by atoms with van der Waals surface area (Å²) in [5.74, 6) is -2.09. The van der Waals surface area contributed by atoms with Gasteiger partial charge in [-0.15, -0.1) is 0 Å². The van der Waals surface area contributed by atoms with Crippen molar-refractivity contribution >= 4 is 77.4 Å². The number of nitrogens with one attached hydrogen (secondary N) is 3. The Hall–Kier alpha value is -7.96. The molecule has 0 atom stereocenters. The van der Waals surface area contributed by atoms with Gasteiger partial charge in [0.05, 0.1) is 16.6 Å². The molecule has 6 aromatic carbocycles. The molecule has 350 valence electrons. The van der Waals surface area contributed by atoms with Crippen LogP contribution in [0.2, 0.25) is 0 Å². The Morgan fingerprint density at radius 1 is 0.551 bits per heavy atom. The number of carbonyl (C=O) groups is 3. The van der Waals surface area contributed by atoms with Crippen molar-refractivity contribution in [2.75, 3.05) is 16.0 Å². The summed E-state index contributed by atoms with van der Waals surface area (Å²) in [5.41, 5.74) is 7.29. The second kappa shape index (κ2) is 18.3. The van der Waals surface area contributed by atoms with Crippen LogP contribution in [0.4, 0.5) is 28.4 Å². The maximum absolute atomic E-state index is 13.5. The minimum atomic E-state index is -5.08. The topological polar surface area (TPSA) is 242 Å². The van der Waals surface area contributed by atoms with Crippen LogP contribution in [0.25, 0.3) is 33.4 Å². The van der Waals surface area contributed by atoms with E-state index in [9.17, 15) is 45.4 Å². The third-order valence-corrected chi connectivity index (χ3v) is 13.6. The monoisotopic (exact) mass is 964 g/mol. The van der Waals surface area contributed by atoms with Gasteiger partial charge < -0.3 is 25.5 Å². The molecule has 1 heterocycles. The molecule has 0 radical (unpaired) electrons. The number of carbonyl (C=O) groups excluding carboxylic acids is 2. The molecule has 6 aromatic rings. The average Bonchev–Trinajstić information content (AvgIpc) is 3.30. The van der Waals surface area contributed by atoms with Crippen molar-refractivity contribution in [1.82, 2.24) is 0 Å². The lowest BCUT2D eigenvalue weighted by molar-refractivity contribution is 0.0696. The van der Waals surface area contributed by atoms with Crippen molar-refractivity contribution in [3.8, 4) is 22.5 Å². The van der Waals surface area contributed by atoms with Gasteiger partial charge >= 0.3 is 5.97 Å². The highest BCUT2D eigenvalue weighted by Gasteiger charge is 2.27. The molecule has 0 fully saturated rings. The van der Waals surface area contributed by atoms with Crippen LogP contribution in [0.1, 0.15) is 64.5 Å². The average molecular weight is 965 g/mol. The lowest BCUT2D eigenvalue weighted by Crippen LogP contribution is -2.17. The fourth-order valence-electron chi connectivity index (χ4n) is 8.59. The fourth-order valence-corrected chi connectivity index (χ4v) is 9.93. The molecule has 0 aromatic heterocycles. The summed E-state index contributed by atoms with van der Waals surface area (Å²) in [4.78, 5) is 42.0. The van der Waals surface area contributed by atoms with Crippen molar-refractivity contribution < 1.29 is 49.8 Å². The van der Waals surface area contributed by atoms with E-state index in [1.54, 1.807) is 75.4 Å². The molecule has 15 nitrogen and oxygen atoms in total. The predicted octanol–water partition coefficient (Wildman–Crippen LogP) is 10.7. The predicted molar refractivity (Wildman–Crippen MR) is 263 cm³/mol. The number of aryl methyl sites for hydroxylation is 4. The lowest BCUT2D eigenvalue weighted by Gasteiger charge is -2.21. The SMILES string of the molecule is Cc1cc(C)c(NC(=O)c2cccc(C(=O)O)c2)c(C)c1/N=c1/cc2oc3cc(Nc4c(C)cc(C)c(NC(=O)c5ccccc5)c4C)ccc3c(-c3ccccc3S(=O)(=O)O)c-2cc1S(=O)(=O)O. The number of nitrogens with zero attached hydrogens (tertiary/aromatic N) is 1. The van der Waals surface area contributed by atoms with Gasteiger partial charge in [-0.2, -0.15) is 16.8 Å². The van der Waals surface area contributed by atoms with Crippen molar-refractivity contribution in [1.29, 1.82) is 0 Å². The van der Waals surface area contributed by atoms with E-state index in [0.29, 0.717) is 50.4 Å². The summed E-state index contributed by atoms with van der Waals surface area (Å²) in [6.45, 7) is 10.8. The highest BCUT2D eigenvalue weighted by atomic mass is 32.2. The van der Waals surface area contributed by atoms with E-state index in [-0.39, 0.29) is 56.1 Å². The van der Waals surface area contributed by atoms with Crippen LogP contribution in [-0.4, -0.2) is 48.8 Å². The second-order valence-electron chi connectivity index (χ2n) is 16.6. The zero-order valence-electron chi connectivity index (χ0n) is 37.9. The van der Waals surface area contributed by atoms with Gasteiger partial charge in [-0.25, -0.2) is 9.79 Å². The summed E-state index contributed by atoms with van der Waals surface area (Å²) in [7, 11) is -9.95. The number of fused-ring (bicyclic) bond motifs is 2. The first-order valence-electron chi connectivity index (χ1n) is 21.2. The number of benzene rings is 7. The van der Waals surface area contributed by atoms with Gasteiger partial charge in [0.1, 0.15) is 21.1 Å². The van der Waals surface area contributed by atoms with E-state index in [1.807, 2.05) is 32.9 Å². The van der Waals surface area contributed by atoms with Crippen molar-refractivity contribution in [3.63, 3.8) is 0 Å². The molecule has 1 aliphatic carbocycles. The number of amides is 2. The molecular weight excluding hydrogens is 921 g/mol. The number of aromatic carboxylic acids is 1. The molecule has 0 spiro atoms. The van der Waals surface area contributed by atoms with Crippen molar-refractivity contribution in [3.05, 3.63) is 177 Å². The Kier molecular flexibility index (Phi) is 12.6. The second-order valence-corrected chi connectivity index (χ2v) is 19.4. The Labute approximate surface area is 397 Å². The van der Waals surface area contributed by atoms with Gasteiger partial charge in [0, 0.05) is 68.1 Å². The van der Waals surface area contributed by atoms with Crippen molar-refractivity contribution in [2.45, 2.75) is 51.3 Å². The van der Waals surface area contributed by atoms with E-state index in [1.165, 1.54) is 48.5 Å². The maximum Gasteiger partial charge on any atom is 0.335 e. The number of anilines is 4. The van der Waals surface area contributed by atoms with Crippen LogP contribution in [-0.2, 0) is 20.2 Å².